The van der Waals surface area contributed by atoms with E-state index in [2.05, 4.69) is 4.74 Å². The maximum absolute atomic E-state index is 13.3. The molecule has 0 spiro atoms. The van der Waals surface area contributed by atoms with Gasteiger partial charge in [-0.05, 0) is 12.8 Å². The Morgan fingerprint density at radius 2 is 1.38 bits per heavy atom. The number of rotatable bonds is 8. The summed E-state index contributed by atoms with van der Waals surface area (Å²) >= 11 is 0. The van der Waals surface area contributed by atoms with E-state index in [9.17, 15) is 40.3 Å². The van der Waals surface area contributed by atoms with Crippen molar-refractivity contribution < 1.29 is 45.1 Å². The van der Waals surface area contributed by atoms with E-state index in [-0.39, 0.29) is 25.8 Å². The summed E-state index contributed by atoms with van der Waals surface area (Å²) < 4.78 is 94.7. The molecule has 1 N–H and O–H groups in total. The summed E-state index contributed by atoms with van der Waals surface area (Å²) in [4.78, 5) is 22.3. The van der Waals surface area contributed by atoms with Crippen LogP contribution < -0.4 is 10.1 Å². The van der Waals surface area contributed by atoms with E-state index in [0.717, 1.165) is 0 Å². The van der Waals surface area contributed by atoms with Crippen LogP contribution in [0.1, 0.15) is 32.6 Å². The maximum Gasteiger partial charge on any atom is 0.321 e. The van der Waals surface area contributed by atoms with Crippen LogP contribution in [-0.2, 0) is 9.59 Å². The predicted octanol–water partition coefficient (Wildman–Crippen LogP) is 3.62. The van der Waals surface area contributed by atoms with Crippen LogP contribution in [0.4, 0.5) is 30.7 Å². The number of ether oxygens (including phenoxy) is 1. The average molecular weight is 389 g/mol. The molecule has 26 heavy (non-hydrogen) atoms. The van der Waals surface area contributed by atoms with Crippen LogP contribution in [0, 0.1) is 29.1 Å². The van der Waals surface area contributed by atoms with Crippen molar-refractivity contribution in [2.45, 2.75) is 38.5 Å². The zero-order valence-corrected chi connectivity index (χ0v) is 13.4. The second kappa shape index (κ2) is 8.86. The third-order valence-electron chi connectivity index (χ3n) is 3.13. The Hall–Kier alpha value is -2.33. The molecule has 1 aromatic carbocycles. The molecule has 0 radical (unpaired) electrons. The number of carbonyl (C=O) groups is 2. The SMILES string of the molecule is CC(F)(F)C(=O)NCCCCCC(=O)Oc1c(F)c(F)c(F)c(F)c1F. The van der Waals surface area contributed by atoms with Crippen LogP contribution in [-0.4, -0.2) is 24.3 Å². The Morgan fingerprint density at radius 3 is 1.88 bits per heavy atom. The first kappa shape index (κ1) is 21.7. The van der Waals surface area contributed by atoms with E-state index in [0.29, 0.717) is 6.92 Å². The number of hydrogen-bond acceptors (Lipinski definition) is 3. The molecule has 0 saturated carbocycles. The zero-order valence-electron chi connectivity index (χ0n) is 13.4. The van der Waals surface area contributed by atoms with E-state index in [4.69, 9.17) is 0 Å². The fraction of sp³-hybridized carbons (Fsp3) is 0.467. The second-order valence-corrected chi connectivity index (χ2v) is 5.33. The Bertz CT molecular complexity index is 660. The molecule has 0 unspecified atom stereocenters. The van der Waals surface area contributed by atoms with Gasteiger partial charge in [-0.2, -0.15) is 17.6 Å². The van der Waals surface area contributed by atoms with Crippen molar-refractivity contribution in [3.63, 3.8) is 0 Å². The lowest BCUT2D eigenvalue weighted by atomic mass is 10.2. The van der Waals surface area contributed by atoms with Gasteiger partial charge in [0.15, 0.2) is 0 Å². The first-order chi connectivity index (χ1) is 12.0. The summed E-state index contributed by atoms with van der Waals surface area (Å²) in [7, 11) is 0. The van der Waals surface area contributed by atoms with Crippen LogP contribution in [0.15, 0.2) is 0 Å². The molecule has 1 aromatic rings. The zero-order chi connectivity index (χ0) is 20.1. The third kappa shape index (κ3) is 5.60. The van der Waals surface area contributed by atoms with Gasteiger partial charge in [0, 0.05) is 19.9 Å². The average Bonchev–Trinajstić information content (AvgIpc) is 2.57. The minimum absolute atomic E-state index is 0.0760. The van der Waals surface area contributed by atoms with Crippen LogP contribution in [0.2, 0.25) is 0 Å². The number of nitrogens with one attached hydrogen (secondary N) is 1. The largest absolute Gasteiger partial charge is 0.420 e. The van der Waals surface area contributed by atoms with Gasteiger partial charge in [-0.1, -0.05) is 6.42 Å². The molecule has 0 bridgehead atoms. The van der Waals surface area contributed by atoms with Crippen molar-refractivity contribution in [1.29, 1.82) is 0 Å². The van der Waals surface area contributed by atoms with Gasteiger partial charge in [0.25, 0.3) is 5.91 Å². The van der Waals surface area contributed by atoms with Crippen molar-refractivity contribution in [1.82, 2.24) is 5.32 Å². The summed E-state index contributed by atoms with van der Waals surface area (Å²) in [5.41, 5.74) is 0. The molecule has 0 saturated heterocycles. The van der Waals surface area contributed by atoms with Crippen LogP contribution in [0.5, 0.6) is 5.75 Å². The van der Waals surface area contributed by atoms with E-state index in [1.54, 1.807) is 0 Å². The number of benzene rings is 1. The lowest BCUT2D eigenvalue weighted by molar-refractivity contribution is -0.143. The molecule has 11 heteroatoms. The maximum atomic E-state index is 13.3. The lowest BCUT2D eigenvalue weighted by Gasteiger charge is -2.10. The van der Waals surface area contributed by atoms with E-state index < -0.39 is 59.1 Å². The van der Waals surface area contributed by atoms with E-state index in [1.807, 2.05) is 5.32 Å². The highest BCUT2D eigenvalue weighted by Gasteiger charge is 2.31. The third-order valence-corrected chi connectivity index (χ3v) is 3.13. The molecule has 0 atom stereocenters. The molecule has 1 rings (SSSR count). The molecular weight excluding hydrogens is 375 g/mol. The minimum atomic E-state index is -3.52. The number of hydrogen-bond donors (Lipinski definition) is 1. The molecule has 0 aliphatic rings. The number of alkyl halides is 2. The molecule has 146 valence electrons. The van der Waals surface area contributed by atoms with Crippen LogP contribution in [0.3, 0.4) is 0 Å². The first-order valence-corrected chi connectivity index (χ1v) is 7.35. The van der Waals surface area contributed by atoms with Gasteiger partial charge in [-0.15, -0.1) is 0 Å². The molecular formula is C15H14F7NO3. The summed E-state index contributed by atoms with van der Waals surface area (Å²) in [6.45, 7) is 0.340. The number of carbonyl (C=O) groups excluding carboxylic acids is 2. The van der Waals surface area contributed by atoms with Gasteiger partial charge < -0.3 is 10.1 Å². The lowest BCUT2D eigenvalue weighted by Crippen LogP contribution is -2.38. The summed E-state index contributed by atoms with van der Waals surface area (Å²) in [5, 5.41) is 1.96. The van der Waals surface area contributed by atoms with Crippen LogP contribution in [0.25, 0.3) is 0 Å². The standard InChI is InChI=1S/C15H14F7NO3/c1-15(21,22)14(25)23-6-4-2-3-5-7(24)26-13-11(19)9(17)8(16)10(18)12(13)20/h2-6H2,1H3,(H,23,25). The molecule has 0 heterocycles. The highest BCUT2D eigenvalue weighted by Crippen LogP contribution is 2.29. The van der Waals surface area contributed by atoms with E-state index in [1.165, 1.54) is 0 Å². The summed E-state index contributed by atoms with van der Waals surface area (Å²) in [6.07, 6.45) is 0.128. The Labute approximate surface area is 143 Å². The predicted molar refractivity (Wildman–Crippen MR) is 74.0 cm³/mol. The topological polar surface area (TPSA) is 55.4 Å². The van der Waals surface area contributed by atoms with Crippen LogP contribution >= 0.6 is 0 Å². The Balaban J connectivity index is 2.44. The number of amides is 1. The van der Waals surface area contributed by atoms with Gasteiger partial charge in [0.2, 0.25) is 34.8 Å². The Kier molecular flexibility index (Phi) is 7.40. The molecule has 0 aliphatic carbocycles. The highest BCUT2D eigenvalue weighted by atomic mass is 19.3. The monoisotopic (exact) mass is 389 g/mol. The highest BCUT2D eigenvalue weighted by molar-refractivity contribution is 5.82. The van der Waals surface area contributed by atoms with Gasteiger partial charge in [0.1, 0.15) is 0 Å². The van der Waals surface area contributed by atoms with Gasteiger partial charge in [-0.3, -0.25) is 9.59 Å². The Morgan fingerprint density at radius 1 is 0.885 bits per heavy atom. The fourth-order valence-electron chi connectivity index (χ4n) is 1.77. The molecule has 4 nitrogen and oxygen atoms in total. The number of esters is 1. The number of halogens is 7. The van der Waals surface area contributed by atoms with Crippen molar-refractivity contribution in [2.75, 3.05) is 6.54 Å². The van der Waals surface area contributed by atoms with Crippen molar-refractivity contribution in [3.8, 4) is 5.75 Å². The first-order valence-electron chi connectivity index (χ1n) is 7.35. The minimum Gasteiger partial charge on any atom is -0.420 e. The van der Waals surface area contributed by atoms with Gasteiger partial charge >= 0.3 is 11.9 Å². The van der Waals surface area contributed by atoms with Gasteiger partial charge in [-0.25, -0.2) is 13.2 Å². The molecule has 1 amide bonds. The fourth-order valence-corrected chi connectivity index (χ4v) is 1.77. The van der Waals surface area contributed by atoms with E-state index >= 15 is 0 Å². The van der Waals surface area contributed by atoms with Crippen molar-refractivity contribution >= 4 is 11.9 Å². The van der Waals surface area contributed by atoms with Crippen molar-refractivity contribution in [2.24, 2.45) is 0 Å². The quantitative estimate of drug-likeness (QED) is 0.185. The smallest absolute Gasteiger partial charge is 0.321 e. The molecule has 0 fully saturated rings. The summed E-state index contributed by atoms with van der Waals surface area (Å²) in [6, 6.07) is 0. The van der Waals surface area contributed by atoms with Gasteiger partial charge in [0.05, 0.1) is 0 Å². The molecule has 0 aromatic heterocycles. The van der Waals surface area contributed by atoms with Crippen molar-refractivity contribution in [3.05, 3.63) is 29.1 Å². The summed E-state index contributed by atoms with van der Waals surface area (Å²) in [5.74, 6) is -19.3. The molecule has 0 aliphatic heterocycles. The second-order valence-electron chi connectivity index (χ2n) is 5.33. The number of unbranched alkanes of at least 4 members (excludes halogenated alkanes) is 2. The normalized spacial score (nSPS) is 11.4.